The summed E-state index contributed by atoms with van der Waals surface area (Å²) in [6.45, 7) is 1.84. The normalized spacial score (nSPS) is 15.3. The van der Waals surface area contributed by atoms with Crippen LogP contribution < -0.4 is 9.62 Å². The first-order valence-electron chi connectivity index (χ1n) is 7.84. The molecule has 3 rings (SSSR count). The van der Waals surface area contributed by atoms with Crippen molar-refractivity contribution in [3.63, 3.8) is 0 Å². The number of hydrogen-bond acceptors (Lipinski definition) is 5. The maximum atomic E-state index is 13.2. The molecule has 1 aromatic heterocycles. The molecular weight excluding hydrogens is 331 g/mol. The molecule has 0 amide bonds. The highest BCUT2D eigenvalue weighted by molar-refractivity contribution is 7.91. The molecule has 1 fully saturated rings. The molecule has 6 nitrogen and oxygen atoms in total. The monoisotopic (exact) mass is 350 g/mol. The van der Waals surface area contributed by atoms with Crippen LogP contribution in [0.15, 0.2) is 36.7 Å². The Morgan fingerprint density at radius 2 is 1.83 bits per heavy atom. The number of halogens is 1. The van der Waals surface area contributed by atoms with Gasteiger partial charge in [-0.2, -0.15) is 0 Å². The second-order valence-corrected chi connectivity index (χ2v) is 7.53. The Morgan fingerprint density at radius 1 is 1.12 bits per heavy atom. The van der Waals surface area contributed by atoms with Crippen LogP contribution in [-0.4, -0.2) is 31.5 Å². The Balaban J connectivity index is 1.66. The van der Waals surface area contributed by atoms with E-state index in [1.54, 1.807) is 6.07 Å². The third-order valence-electron chi connectivity index (χ3n) is 3.80. The Bertz CT molecular complexity index is 790. The molecule has 0 unspecified atom stereocenters. The van der Waals surface area contributed by atoms with E-state index in [1.165, 1.54) is 37.0 Å². The van der Waals surface area contributed by atoms with Gasteiger partial charge in [0.2, 0.25) is 16.0 Å². The van der Waals surface area contributed by atoms with Crippen molar-refractivity contribution in [2.24, 2.45) is 0 Å². The highest BCUT2D eigenvalue weighted by Gasteiger charge is 2.15. The molecule has 2 heterocycles. The van der Waals surface area contributed by atoms with E-state index in [4.69, 9.17) is 0 Å². The largest absolute Gasteiger partial charge is 0.341 e. The van der Waals surface area contributed by atoms with Crippen molar-refractivity contribution >= 4 is 21.7 Å². The zero-order valence-corrected chi connectivity index (χ0v) is 14.0. The summed E-state index contributed by atoms with van der Waals surface area (Å²) in [5.74, 6) is -0.154. The first-order chi connectivity index (χ1) is 11.5. The maximum Gasteiger partial charge on any atom is 0.237 e. The summed E-state index contributed by atoms with van der Waals surface area (Å²) in [6, 6.07) is 5.53. The van der Waals surface area contributed by atoms with Crippen LogP contribution in [-0.2, 0) is 15.8 Å². The molecule has 24 heavy (non-hydrogen) atoms. The highest BCUT2D eigenvalue weighted by atomic mass is 32.2. The predicted molar refractivity (Wildman–Crippen MR) is 90.7 cm³/mol. The standard InChI is InChI=1S/C16H19FN4O2S/c17-14-6-4-5-13(9-14)12-24(22,23)20-15-10-18-16(19-11-15)21-7-2-1-3-8-21/h4-6,9-11,20H,1-3,7-8,12H2. The van der Waals surface area contributed by atoms with Gasteiger partial charge in [-0.15, -0.1) is 0 Å². The van der Waals surface area contributed by atoms with E-state index in [0.717, 1.165) is 25.9 Å². The zero-order chi connectivity index (χ0) is 17.0. The molecule has 1 saturated heterocycles. The van der Waals surface area contributed by atoms with Crippen LogP contribution in [0.2, 0.25) is 0 Å². The van der Waals surface area contributed by atoms with Crippen LogP contribution in [0.1, 0.15) is 24.8 Å². The lowest BCUT2D eigenvalue weighted by atomic mass is 10.1. The summed E-state index contributed by atoms with van der Waals surface area (Å²) in [7, 11) is -3.65. The zero-order valence-electron chi connectivity index (χ0n) is 13.2. The van der Waals surface area contributed by atoms with E-state index in [-0.39, 0.29) is 5.75 Å². The SMILES string of the molecule is O=S(=O)(Cc1cccc(F)c1)Nc1cnc(N2CCCCC2)nc1. The molecule has 1 N–H and O–H groups in total. The first-order valence-corrected chi connectivity index (χ1v) is 9.49. The fourth-order valence-corrected chi connectivity index (χ4v) is 3.85. The Kier molecular flexibility index (Phi) is 4.94. The molecule has 1 aliphatic rings. The fourth-order valence-electron chi connectivity index (χ4n) is 2.69. The molecule has 0 saturated carbocycles. The summed E-state index contributed by atoms with van der Waals surface area (Å²) in [6.07, 6.45) is 6.37. The number of anilines is 2. The lowest BCUT2D eigenvalue weighted by Gasteiger charge is -2.26. The second kappa shape index (κ2) is 7.12. The maximum absolute atomic E-state index is 13.2. The van der Waals surface area contributed by atoms with E-state index in [0.29, 0.717) is 17.2 Å². The molecule has 0 spiro atoms. The van der Waals surface area contributed by atoms with Gasteiger partial charge in [0.05, 0.1) is 23.8 Å². The van der Waals surface area contributed by atoms with E-state index in [1.807, 2.05) is 0 Å². The fraction of sp³-hybridized carbons (Fsp3) is 0.375. The third kappa shape index (κ3) is 4.41. The quantitative estimate of drug-likeness (QED) is 0.897. The van der Waals surface area contributed by atoms with Gasteiger partial charge in [-0.1, -0.05) is 12.1 Å². The van der Waals surface area contributed by atoms with Gasteiger partial charge >= 0.3 is 0 Å². The van der Waals surface area contributed by atoms with Gasteiger partial charge in [-0.3, -0.25) is 4.72 Å². The summed E-state index contributed by atoms with van der Waals surface area (Å²) in [5, 5.41) is 0. The average Bonchev–Trinajstić information content (AvgIpc) is 2.55. The molecule has 128 valence electrons. The highest BCUT2D eigenvalue weighted by Crippen LogP contribution is 2.17. The van der Waals surface area contributed by atoms with Crippen molar-refractivity contribution in [1.29, 1.82) is 0 Å². The number of hydrogen-bond donors (Lipinski definition) is 1. The van der Waals surface area contributed by atoms with Crippen molar-refractivity contribution in [2.45, 2.75) is 25.0 Å². The predicted octanol–water partition coefficient (Wildman–Crippen LogP) is 2.55. The molecule has 8 heteroatoms. The van der Waals surface area contributed by atoms with Gasteiger partial charge < -0.3 is 4.90 Å². The number of piperidine rings is 1. The van der Waals surface area contributed by atoms with Crippen molar-refractivity contribution in [3.05, 3.63) is 48.0 Å². The lowest BCUT2D eigenvalue weighted by Crippen LogP contribution is -2.30. The molecule has 0 aliphatic carbocycles. The number of rotatable bonds is 5. The Morgan fingerprint density at radius 3 is 2.50 bits per heavy atom. The summed E-state index contributed by atoms with van der Waals surface area (Å²) < 4.78 is 39.9. The van der Waals surface area contributed by atoms with E-state index < -0.39 is 15.8 Å². The van der Waals surface area contributed by atoms with Gasteiger partial charge in [0.1, 0.15) is 5.82 Å². The number of nitrogens with zero attached hydrogens (tertiary/aromatic N) is 3. The van der Waals surface area contributed by atoms with Crippen LogP contribution >= 0.6 is 0 Å². The summed E-state index contributed by atoms with van der Waals surface area (Å²) in [4.78, 5) is 10.6. The number of benzene rings is 1. The molecule has 2 aromatic rings. The number of sulfonamides is 1. The average molecular weight is 350 g/mol. The van der Waals surface area contributed by atoms with Crippen molar-refractivity contribution in [1.82, 2.24) is 9.97 Å². The minimum Gasteiger partial charge on any atom is -0.341 e. The molecule has 1 aliphatic heterocycles. The van der Waals surface area contributed by atoms with Gasteiger partial charge in [0.25, 0.3) is 0 Å². The van der Waals surface area contributed by atoms with Crippen LogP contribution in [0.4, 0.5) is 16.0 Å². The van der Waals surface area contributed by atoms with Crippen LogP contribution in [0.25, 0.3) is 0 Å². The van der Waals surface area contributed by atoms with Crippen molar-refractivity contribution in [3.8, 4) is 0 Å². The molecule has 0 atom stereocenters. The smallest absolute Gasteiger partial charge is 0.237 e. The Hall–Kier alpha value is -2.22. The molecule has 1 aromatic carbocycles. The van der Waals surface area contributed by atoms with Crippen molar-refractivity contribution in [2.75, 3.05) is 22.7 Å². The summed E-state index contributed by atoms with van der Waals surface area (Å²) in [5.41, 5.74) is 0.681. The van der Waals surface area contributed by atoms with Gasteiger partial charge in [-0.25, -0.2) is 22.8 Å². The minimum absolute atomic E-state index is 0.298. The topological polar surface area (TPSA) is 75.2 Å². The van der Waals surface area contributed by atoms with Crippen LogP contribution in [0.3, 0.4) is 0 Å². The van der Waals surface area contributed by atoms with E-state index in [9.17, 15) is 12.8 Å². The molecule has 0 bridgehead atoms. The Labute approximate surface area is 140 Å². The molecular formula is C16H19FN4O2S. The van der Waals surface area contributed by atoms with Gasteiger partial charge in [-0.05, 0) is 37.0 Å². The minimum atomic E-state index is -3.65. The van der Waals surface area contributed by atoms with Crippen molar-refractivity contribution < 1.29 is 12.8 Å². The van der Waals surface area contributed by atoms with E-state index in [2.05, 4.69) is 19.6 Å². The number of nitrogens with one attached hydrogen (secondary N) is 1. The lowest BCUT2D eigenvalue weighted by molar-refractivity contribution is 0.568. The third-order valence-corrected chi connectivity index (χ3v) is 5.06. The molecule has 0 radical (unpaired) electrons. The van der Waals surface area contributed by atoms with E-state index >= 15 is 0 Å². The second-order valence-electron chi connectivity index (χ2n) is 5.81. The van der Waals surface area contributed by atoms with Crippen LogP contribution in [0, 0.1) is 5.82 Å². The van der Waals surface area contributed by atoms with Gasteiger partial charge in [0.15, 0.2) is 0 Å². The summed E-state index contributed by atoms with van der Waals surface area (Å²) >= 11 is 0. The van der Waals surface area contributed by atoms with Crippen LogP contribution in [0.5, 0.6) is 0 Å². The first kappa shape index (κ1) is 16.6. The number of aromatic nitrogens is 2. The van der Waals surface area contributed by atoms with Gasteiger partial charge in [0, 0.05) is 13.1 Å².